The van der Waals surface area contributed by atoms with Crippen molar-refractivity contribution in [3.63, 3.8) is 0 Å². The Morgan fingerprint density at radius 3 is 1.93 bits per heavy atom. The van der Waals surface area contributed by atoms with E-state index in [2.05, 4.69) is 15.0 Å². The largest absolute Gasteiger partial charge is 0.382 e. The maximum absolute atomic E-state index is 14.3. The van der Waals surface area contributed by atoms with Gasteiger partial charge < -0.3 is 19.9 Å². The molecule has 4 atom stereocenters. The van der Waals surface area contributed by atoms with E-state index in [1.54, 1.807) is 18.1 Å². The molecule has 2 aromatic heterocycles. The van der Waals surface area contributed by atoms with Crippen LogP contribution in [-0.2, 0) is 34.0 Å². The zero-order valence-corrected chi connectivity index (χ0v) is 23.1. The van der Waals surface area contributed by atoms with Crippen LogP contribution in [0.25, 0.3) is 11.2 Å². The molecule has 10 heteroatoms. The molecule has 3 aromatic carbocycles. The molecule has 41 heavy (non-hydrogen) atoms. The predicted octanol–water partition coefficient (Wildman–Crippen LogP) is 5.55. The number of rotatable bonds is 11. The Hall–Kier alpha value is -3.83. The van der Waals surface area contributed by atoms with Crippen LogP contribution in [0.4, 0.5) is 10.2 Å². The van der Waals surface area contributed by atoms with Gasteiger partial charge in [0, 0.05) is 0 Å². The molecule has 2 N–H and O–H groups in total. The lowest BCUT2D eigenvalue weighted by atomic mass is 10.1. The van der Waals surface area contributed by atoms with Crippen LogP contribution in [-0.4, -0.2) is 43.6 Å². The van der Waals surface area contributed by atoms with Crippen molar-refractivity contribution >= 4 is 28.7 Å². The smallest absolute Gasteiger partial charge is 0.312 e. The SMILES string of the molecule is Nc1nc(F)nc2c1ncn2[C@H]1S[C@H](COCc2ccccc2)[C@@H](OCc2ccccc2)[C@@H]1OCc1ccccc1. The average Bonchev–Trinajstić information content (AvgIpc) is 3.57. The van der Waals surface area contributed by atoms with Crippen LogP contribution in [0.3, 0.4) is 0 Å². The van der Waals surface area contributed by atoms with Gasteiger partial charge in [-0.05, 0) is 16.7 Å². The zero-order valence-electron chi connectivity index (χ0n) is 22.3. The van der Waals surface area contributed by atoms with Crippen LogP contribution in [0, 0.1) is 6.08 Å². The number of imidazole rings is 1. The molecule has 0 aliphatic carbocycles. The van der Waals surface area contributed by atoms with Gasteiger partial charge in [-0.15, -0.1) is 11.8 Å². The molecule has 8 nitrogen and oxygen atoms in total. The van der Waals surface area contributed by atoms with Gasteiger partial charge in [0.25, 0.3) is 0 Å². The first-order chi connectivity index (χ1) is 20.2. The number of benzene rings is 3. The summed E-state index contributed by atoms with van der Waals surface area (Å²) in [5.74, 6) is -0.00405. The maximum atomic E-state index is 14.3. The van der Waals surface area contributed by atoms with Crippen molar-refractivity contribution in [2.45, 2.75) is 42.7 Å². The molecule has 0 unspecified atom stereocenters. The summed E-state index contributed by atoms with van der Waals surface area (Å²) in [6.45, 7) is 1.70. The van der Waals surface area contributed by atoms with Gasteiger partial charge in [0.15, 0.2) is 11.5 Å². The third-order valence-electron chi connectivity index (χ3n) is 6.94. The van der Waals surface area contributed by atoms with Crippen LogP contribution in [0.15, 0.2) is 97.3 Å². The fourth-order valence-electron chi connectivity index (χ4n) is 4.94. The molecule has 0 spiro atoms. The van der Waals surface area contributed by atoms with Crippen LogP contribution in [0.1, 0.15) is 22.1 Å². The summed E-state index contributed by atoms with van der Waals surface area (Å²) in [7, 11) is 0. The van der Waals surface area contributed by atoms with Crippen LogP contribution >= 0.6 is 11.8 Å². The molecule has 1 aliphatic heterocycles. The van der Waals surface area contributed by atoms with Crippen molar-refractivity contribution in [1.29, 1.82) is 0 Å². The van der Waals surface area contributed by atoms with E-state index in [0.29, 0.717) is 37.6 Å². The lowest BCUT2D eigenvalue weighted by Crippen LogP contribution is -2.38. The number of halogens is 1. The Labute approximate surface area is 241 Å². The highest BCUT2D eigenvalue weighted by molar-refractivity contribution is 8.00. The van der Waals surface area contributed by atoms with E-state index in [1.165, 1.54) is 0 Å². The number of nitrogen functional groups attached to an aromatic ring is 1. The summed E-state index contributed by atoms with van der Waals surface area (Å²) in [5, 5.41) is -0.418. The molecular weight excluding hydrogens is 541 g/mol. The Bertz CT molecular complexity index is 1560. The van der Waals surface area contributed by atoms with Crippen molar-refractivity contribution in [3.8, 4) is 0 Å². The minimum atomic E-state index is -0.902. The molecule has 5 aromatic rings. The highest BCUT2D eigenvalue weighted by atomic mass is 32.2. The summed E-state index contributed by atoms with van der Waals surface area (Å²) in [4.78, 5) is 12.1. The molecular formula is C31H30FN5O3S. The summed E-state index contributed by atoms with van der Waals surface area (Å²) in [5.41, 5.74) is 9.82. The summed E-state index contributed by atoms with van der Waals surface area (Å²) >= 11 is 1.64. The first kappa shape index (κ1) is 27.3. The molecule has 3 heterocycles. The van der Waals surface area contributed by atoms with E-state index < -0.39 is 12.2 Å². The second-order valence-electron chi connectivity index (χ2n) is 9.79. The van der Waals surface area contributed by atoms with Gasteiger partial charge >= 0.3 is 6.08 Å². The van der Waals surface area contributed by atoms with Crippen molar-refractivity contribution in [1.82, 2.24) is 19.5 Å². The lowest BCUT2D eigenvalue weighted by molar-refractivity contribution is -0.0913. The van der Waals surface area contributed by atoms with Gasteiger partial charge in [-0.2, -0.15) is 14.4 Å². The molecule has 0 bridgehead atoms. The lowest BCUT2D eigenvalue weighted by Gasteiger charge is -2.27. The van der Waals surface area contributed by atoms with E-state index in [4.69, 9.17) is 19.9 Å². The second-order valence-corrected chi connectivity index (χ2v) is 11.2. The Morgan fingerprint density at radius 2 is 1.32 bits per heavy atom. The minimum absolute atomic E-state index is 0.00405. The van der Waals surface area contributed by atoms with Crippen molar-refractivity contribution in [2.24, 2.45) is 0 Å². The van der Waals surface area contributed by atoms with E-state index in [9.17, 15) is 4.39 Å². The molecule has 0 amide bonds. The third-order valence-corrected chi connectivity index (χ3v) is 8.47. The Balaban J connectivity index is 1.31. The molecule has 1 saturated heterocycles. The predicted molar refractivity (Wildman–Crippen MR) is 156 cm³/mol. The number of anilines is 1. The summed E-state index contributed by atoms with van der Waals surface area (Å²) in [6, 6.07) is 30.1. The standard InChI is InChI=1S/C31H30FN5O3S/c32-31-35-28(33)25-29(36-31)37(20-34-25)30-27(40-18-23-14-8-3-9-15-23)26(39-17-22-12-6-2-7-13-22)24(41-30)19-38-16-21-10-4-1-5-11-21/h1-15,20,24,26-27,30H,16-19H2,(H2,33,35,36)/t24-,26-,27+,30+/m1/s1. The van der Waals surface area contributed by atoms with Gasteiger partial charge in [0.2, 0.25) is 0 Å². The molecule has 0 radical (unpaired) electrons. The van der Waals surface area contributed by atoms with Gasteiger partial charge in [-0.3, -0.25) is 4.57 Å². The normalized spacial score (nSPS) is 20.5. The van der Waals surface area contributed by atoms with E-state index >= 15 is 0 Å². The fraction of sp³-hybridized carbons (Fsp3) is 0.258. The van der Waals surface area contributed by atoms with Gasteiger partial charge in [-0.1, -0.05) is 91.0 Å². The summed E-state index contributed by atoms with van der Waals surface area (Å²) < 4.78 is 35.5. The fourth-order valence-corrected chi connectivity index (χ4v) is 6.54. The van der Waals surface area contributed by atoms with Crippen LogP contribution < -0.4 is 5.73 Å². The second kappa shape index (κ2) is 12.8. The number of ether oxygens (including phenoxy) is 3. The van der Waals surface area contributed by atoms with Gasteiger partial charge in [-0.25, -0.2) is 4.98 Å². The van der Waals surface area contributed by atoms with E-state index in [1.807, 2.05) is 95.6 Å². The number of aromatic nitrogens is 4. The first-order valence-electron chi connectivity index (χ1n) is 13.4. The maximum Gasteiger partial charge on any atom is 0.312 e. The van der Waals surface area contributed by atoms with E-state index in [0.717, 1.165) is 16.7 Å². The average molecular weight is 572 g/mol. The molecule has 6 rings (SSSR count). The molecule has 1 aliphatic rings. The van der Waals surface area contributed by atoms with Crippen molar-refractivity contribution in [3.05, 3.63) is 120 Å². The van der Waals surface area contributed by atoms with E-state index in [-0.39, 0.29) is 22.5 Å². The third kappa shape index (κ3) is 6.41. The number of hydrogen-bond acceptors (Lipinski definition) is 8. The van der Waals surface area contributed by atoms with Gasteiger partial charge in [0.05, 0.1) is 38.0 Å². The molecule has 0 saturated carbocycles. The number of nitrogens with two attached hydrogens (primary N) is 1. The zero-order chi connectivity index (χ0) is 28.0. The van der Waals surface area contributed by atoms with Gasteiger partial charge in [0.1, 0.15) is 23.1 Å². The topological polar surface area (TPSA) is 97.3 Å². The van der Waals surface area contributed by atoms with Crippen LogP contribution in [0.2, 0.25) is 0 Å². The van der Waals surface area contributed by atoms with Crippen molar-refractivity contribution in [2.75, 3.05) is 12.3 Å². The Morgan fingerprint density at radius 1 is 0.756 bits per heavy atom. The number of fused-ring (bicyclic) bond motifs is 1. The number of hydrogen-bond donors (Lipinski definition) is 1. The van der Waals surface area contributed by atoms with Crippen LogP contribution in [0.5, 0.6) is 0 Å². The Kier molecular flexibility index (Phi) is 8.52. The quantitative estimate of drug-likeness (QED) is 0.206. The first-order valence-corrected chi connectivity index (χ1v) is 14.3. The molecule has 1 fully saturated rings. The summed E-state index contributed by atoms with van der Waals surface area (Å²) in [6.07, 6.45) is -0.0501. The molecule has 210 valence electrons. The van der Waals surface area contributed by atoms with Crippen molar-refractivity contribution < 1.29 is 18.6 Å². The minimum Gasteiger partial charge on any atom is -0.382 e. The highest BCUT2D eigenvalue weighted by Gasteiger charge is 2.47. The highest BCUT2D eigenvalue weighted by Crippen LogP contribution is 2.46. The monoisotopic (exact) mass is 571 g/mol. The number of nitrogens with zero attached hydrogens (tertiary/aromatic N) is 4. The number of thioether (sulfide) groups is 1.